The van der Waals surface area contributed by atoms with Crippen molar-refractivity contribution in [1.29, 1.82) is 0 Å². The SMILES string of the molecule is CN(C(=S)NCC[NH+](C)C)[C@]1(c2ccccc2Cl)CCCCC1=O. The molecule has 0 unspecified atom stereocenters. The number of thiocarbonyl (C=S) groups is 1. The molecule has 0 spiro atoms. The fourth-order valence-corrected chi connectivity index (χ4v) is 3.89. The van der Waals surface area contributed by atoms with Crippen molar-refractivity contribution in [3.8, 4) is 0 Å². The summed E-state index contributed by atoms with van der Waals surface area (Å²) in [5.41, 5.74) is 0.104. The van der Waals surface area contributed by atoms with Crippen LogP contribution in [0.4, 0.5) is 0 Å². The fourth-order valence-electron chi connectivity index (χ4n) is 3.34. The number of Topliss-reactive ketones (excluding diaryl/α,β-unsaturated/α-hetero) is 1. The number of nitrogens with zero attached hydrogens (tertiary/aromatic N) is 1. The van der Waals surface area contributed by atoms with Gasteiger partial charge >= 0.3 is 0 Å². The first kappa shape index (κ1) is 19.2. The number of hydrogen-bond acceptors (Lipinski definition) is 2. The molecule has 24 heavy (non-hydrogen) atoms. The minimum atomic E-state index is -0.758. The smallest absolute Gasteiger partial charge is 0.169 e. The van der Waals surface area contributed by atoms with E-state index in [0.717, 1.165) is 37.9 Å². The van der Waals surface area contributed by atoms with Gasteiger partial charge in [0.1, 0.15) is 5.54 Å². The summed E-state index contributed by atoms with van der Waals surface area (Å²) in [6.07, 6.45) is 3.24. The van der Waals surface area contributed by atoms with Crippen molar-refractivity contribution in [2.75, 3.05) is 34.2 Å². The highest BCUT2D eigenvalue weighted by Gasteiger charge is 2.47. The highest BCUT2D eigenvalue weighted by Crippen LogP contribution is 2.42. The molecule has 0 amide bonds. The third-order valence-corrected chi connectivity index (χ3v) is 5.50. The van der Waals surface area contributed by atoms with Crippen LogP contribution < -0.4 is 10.2 Å². The van der Waals surface area contributed by atoms with E-state index in [1.807, 2.05) is 36.2 Å². The number of halogens is 1. The van der Waals surface area contributed by atoms with Crippen LogP contribution in [0, 0.1) is 0 Å². The molecule has 0 saturated heterocycles. The summed E-state index contributed by atoms with van der Waals surface area (Å²) in [6, 6.07) is 7.63. The molecule has 1 aliphatic rings. The predicted octanol–water partition coefficient (Wildman–Crippen LogP) is 1.63. The zero-order chi connectivity index (χ0) is 17.7. The monoisotopic (exact) mass is 368 g/mol. The molecule has 132 valence electrons. The third kappa shape index (κ3) is 3.90. The molecule has 2 rings (SSSR count). The van der Waals surface area contributed by atoms with E-state index >= 15 is 0 Å². The van der Waals surface area contributed by atoms with Crippen LogP contribution in [0.3, 0.4) is 0 Å². The Labute approximate surface area is 155 Å². The normalized spacial score (nSPS) is 21.0. The molecular formula is C18H27ClN3OS+. The van der Waals surface area contributed by atoms with Gasteiger partial charge in [-0.25, -0.2) is 0 Å². The number of nitrogens with one attached hydrogen (secondary N) is 2. The van der Waals surface area contributed by atoms with Crippen LogP contribution >= 0.6 is 23.8 Å². The summed E-state index contributed by atoms with van der Waals surface area (Å²) < 4.78 is 0. The van der Waals surface area contributed by atoms with Gasteiger partial charge in [-0.2, -0.15) is 0 Å². The number of carbonyl (C=O) groups is 1. The summed E-state index contributed by atoms with van der Waals surface area (Å²) >= 11 is 12.0. The van der Waals surface area contributed by atoms with Crippen LogP contribution in [-0.4, -0.2) is 50.0 Å². The molecule has 1 fully saturated rings. The Morgan fingerprint density at radius 2 is 2.08 bits per heavy atom. The van der Waals surface area contributed by atoms with Crippen molar-refractivity contribution in [3.05, 3.63) is 34.9 Å². The zero-order valence-electron chi connectivity index (χ0n) is 14.7. The number of hydrogen-bond donors (Lipinski definition) is 2. The molecule has 1 atom stereocenters. The lowest BCUT2D eigenvalue weighted by Crippen LogP contribution is -3.06. The number of ketones is 1. The Balaban J connectivity index is 2.31. The summed E-state index contributed by atoms with van der Waals surface area (Å²) in [5.74, 6) is 0.201. The lowest BCUT2D eigenvalue weighted by molar-refractivity contribution is -0.856. The average molecular weight is 369 g/mol. The van der Waals surface area contributed by atoms with Crippen LogP contribution in [0.5, 0.6) is 0 Å². The van der Waals surface area contributed by atoms with Crippen molar-refractivity contribution < 1.29 is 9.69 Å². The number of carbonyl (C=O) groups excluding carboxylic acids is 1. The van der Waals surface area contributed by atoms with Gasteiger partial charge in [0.2, 0.25) is 0 Å². The van der Waals surface area contributed by atoms with Gasteiger partial charge in [-0.1, -0.05) is 29.8 Å². The molecule has 4 nitrogen and oxygen atoms in total. The maximum absolute atomic E-state index is 13.0. The molecule has 6 heteroatoms. The van der Waals surface area contributed by atoms with Crippen molar-refractivity contribution in [1.82, 2.24) is 10.2 Å². The molecule has 0 bridgehead atoms. The van der Waals surface area contributed by atoms with Gasteiger partial charge < -0.3 is 15.1 Å². The van der Waals surface area contributed by atoms with Crippen LogP contribution in [0.15, 0.2) is 24.3 Å². The summed E-state index contributed by atoms with van der Waals surface area (Å²) in [6.45, 7) is 1.74. The summed E-state index contributed by atoms with van der Waals surface area (Å²) in [7, 11) is 6.11. The second kappa shape index (κ2) is 8.28. The van der Waals surface area contributed by atoms with Crippen molar-refractivity contribution in [3.63, 3.8) is 0 Å². The van der Waals surface area contributed by atoms with Gasteiger partial charge in [0.25, 0.3) is 0 Å². The molecule has 1 saturated carbocycles. The van der Waals surface area contributed by atoms with Crippen molar-refractivity contribution in [2.45, 2.75) is 31.2 Å². The van der Waals surface area contributed by atoms with E-state index in [2.05, 4.69) is 19.4 Å². The van der Waals surface area contributed by atoms with E-state index in [9.17, 15) is 4.79 Å². The first-order valence-electron chi connectivity index (χ1n) is 8.48. The van der Waals surface area contributed by atoms with Crippen molar-refractivity contribution >= 4 is 34.7 Å². The lowest BCUT2D eigenvalue weighted by atomic mass is 9.74. The van der Waals surface area contributed by atoms with E-state index in [1.54, 1.807) is 0 Å². The highest BCUT2D eigenvalue weighted by atomic mass is 35.5. The minimum Gasteiger partial charge on any atom is -0.357 e. The van der Waals surface area contributed by atoms with Gasteiger partial charge in [0.05, 0.1) is 27.2 Å². The molecule has 0 aromatic heterocycles. The predicted molar refractivity (Wildman–Crippen MR) is 103 cm³/mol. The Kier molecular flexibility index (Phi) is 6.61. The Morgan fingerprint density at radius 1 is 1.38 bits per heavy atom. The molecule has 0 heterocycles. The fraction of sp³-hybridized carbons (Fsp3) is 0.556. The molecular weight excluding hydrogens is 342 g/mol. The standard InChI is InChI=1S/C18H26ClN3OS/c1-21(2)13-12-20-17(24)22(3)18(11-7-6-10-16(18)23)14-8-4-5-9-15(14)19/h4-5,8-9H,6-7,10-13H2,1-3H3,(H,20,24)/p+1/t18-/m0/s1. The van der Waals surface area contributed by atoms with Crippen LogP contribution in [-0.2, 0) is 10.3 Å². The van der Waals surface area contributed by atoms with E-state index < -0.39 is 5.54 Å². The molecule has 1 aliphatic carbocycles. The van der Waals surface area contributed by atoms with E-state index in [0.29, 0.717) is 16.6 Å². The molecule has 1 aromatic carbocycles. The zero-order valence-corrected chi connectivity index (χ0v) is 16.3. The minimum absolute atomic E-state index is 0.201. The molecule has 0 aliphatic heterocycles. The van der Waals surface area contributed by atoms with Gasteiger partial charge in [0.15, 0.2) is 10.9 Å². The maximum Gasteiger partial charge on any atom is 0.169 e. The van der Waals surface area contributed by atoms with Crippen LogP contribution in [0.1, 0.15) is 31.2 Å². The van der Waals surface area contributed by atoms with E-state index in [-0.39, 0.29) is 5.78 Å². The van der Waals surface area contributed by atoms with Gasteiger partial charge in [-0.05, 0) is 37.5 Å². The summed E-state index contributed by atoms with van der Waals surface area (Å²) in [5, 5.41) is 4.52. The molecule has 0 radical (unpaired) electrons. The Hall–Kier alpha value is -1.17. The number of benzene rings is 1. The molecule has 1 aromatic rings. The van der Waals surface area contributed by atoms with Gasteiger partial charge in [0, 0.05) is 24.1 Å². The van der Waals surface area contributed by atoms with Gasteiger partial charge in [-0.15, -0.1) is 0 Å². The topological polar surface area (TPSA) is 36.8 Å². The number of likely N-dealkylation sites (N-methyl/N-ethyl adjacent to an activating group) is 2. The van der Waals surface area contributed by atoms with Crippen LogP contribution in [0.2, 0.25) is 5.02 Å². The largest absolute Gasteiger partial charge is 0.357 e. The molecule has 2 N–H and O–H groups in total. The third-order valence-electron chi connectivity index (χ3n) is 4.75. The first-order chi connectivity index (χ1) is 11.4. The second-order valence-corrected chi connectivity index (χ2v) is 7.51. The van der Waals surface area contributed by atoms with Gasteiger partial charge in [-0.3, -0.25) is 4.79 Å². The summed E-state index contributed by atoms with van der Waals surface area (Å²) in [4.78, 5) is 16.3. The number of quaternary nitrogens is 1. The first-order valence-corrected chi connectivity index (χ1v) is 9.27. The number of rotatable bonds is 5. The van der Waals surface area contributed by atoms with Crippen LogP contribution in [0.25, 0.3) is 0 Å². The second-order valence-electron chi connectivity index (χ2n) is 6.72. The van der Waals surface area contributed by atoms with Crippen molar-refractivity contribution in [2.24, 2.45) is 0 Å². The quantitative estimate of drug-likeness (QED) is 0.774. The average Bonchev–Trinajstić information content (AvgIpc) is 2.55. The van der Waals surface area contributed by atoms with E-state index in [1.165, 1.54) is 4.90 Å². The Morgan fingerprint density at radius 3 is 2.71 bits per heavy atom. The Bertz CT molecular complexity index is 608. The maximum atomic E-state index is 13.0. The van der Waals surface area contributed by atoms with E-state index in [4.69, 9.17) is 23.8 Å². The lowest BCUT2D eigenvalue weighted by Gasteiger charge is -2.45. The highest BCUT2D eigenvalue weighted by molar-refractivity contribution is 7.80.